The predicted octanol–water partition coefficient (Wildman–Crippen LogP) is 2.75. The minimum Gasteiger partial charge on any atom is -0.461 e. The third-order valence-electron chi connectivity index (χ3n) is 3.69. The Hall–Kier alpha value is -2.90. The van der Waals surface area contributed by atoms with Crippen molar-refractivity contribution >= 4 is 11.7 Å². The summed E-state index contributed by atoms with van der Waals surface area (Å²) in [4.78, 5) is 16.3. The highest BCUT2D eigenvalue weighted by molar-refractivity contribution is 5.90. The maximum atomic E-state index is 12.1. The number of rotatable bonds is 7. The Morgan fingerprint density at radius 3 is 2.92 bits per heavy atom. The molecule has 0 spiro atoms. The highest BCUT2D eigenvalue weighted by Gasteiger charge is 2.15. The van der Waals surface area contributed by atoms with Crippen LogP contribution >= 0.6 is 0 Å². The summed E-state index contributed by atoms with van der Waals surface area (Å²) in [5, 5.41) is 13.8. The lowest BCUT2D eigenvalue weighted by molar-refractivity contribution is -0.116. The Balaban J connectivity index is 1.57. The minimum absolute atomic E-state index is 0.142. The van der Waals surface area contributed by atoms with Crippen molar-refractivity contribution in [3.05, 3.63) is 35.5 Å². The average Bonchev–Trinajstić information content (AvgIpc) is 3.32. The Labute approximate surface area is 138 Å². The standard InChI is InChI=1S/C16H19N5O3/c1-3-10-11(4-2)19-20-15(10)17-13(22)7-8-14-18-16(21-24-14)12-6-5-9-23-12/h5-6,9H,3-4,7-8H2,1-2H3,(H2,17,19,20,22). The van der Waals surface area contributed by atoms with Gasteiger partial charge in [-0.25, -0.2) is 0 Å². The molecule has 126 valence electrons. The molecule has 0 fully saturated rings. The Morgan fingerprint density at radius 1 is 1.33 bits per heavy atom. The first-order chi connectivity index (χ1) is 11.7. The number of hydrogen-bond acceptors (Lipinski definition) is 6. The van der Waals surface area contributed by atoms with E-state index in [0.717, 1.165) is 24.1 Å². The van der Waals surface area contributed by atoms with Gasteiger partial charge in [0, 0.05) is 24.1 Å². The SMILES string of the molecule is CCc1[nH]nc(NC(=O)CCc2nc(-c3ccco3)no2)c1CC. The van der Waals surface area contributed by atoms with Gasteiger partial charge in [-0.05, 0) is 25.0 Å². The molecule has 0 saturated carbocycles. The Kier molecular flexibility index (Phi) is 4.74. The summed E-state index contributed by atoms with van der Waals surface area (Å²) >= 11 is 0. The number of aromatic nitrogens is 4. The topological polar surface area (TPSA) is 110 Å². The molecule has 8 nitrogen and oxygen atoms in total. The van der Waals surface area contributed by atoms with Crippen LogP contribution in [0.25, 0.3) is 11.6 Å². The number of nitrogens with one attached hydrogen (secondary N) is 2. The van der Waals surface area contributed by atoms with E-state index >= 15 is 0 Å². The molecule has 0 radical (unpaired) electrons. The number of aromatic amines is 1. The van der Waals surface area contributed by atoms with Crippen LogP contribution in [0.1, 0.15) is 37.4 Å². The molecule has 3 aromatic rings. The smallest absolute Gasteiger partial charge is 0.238 e. The number of amides is 1. The van der Waals surface area contributed by atoms with Crippen LogP contribution in [0.3, 0.4) is 0 Å². The number of aryl methyl sites for hydroxylation is 2. The van der Waals surface area contributed by atoms with Gasteiger partial charge in [0.15, 0.2) is 11.6 Å². The molecule has 0 saturated heterocycles. The zero-order valence-electron chi connectivity index (χ0n) is 13.6. The van der Waals surface area contributed by atoms with Gasteiger partial charge in [-0.3, -0.25) is 9.89 Å². The Morgan fingerprint density at radius 2 is 2.21 bits per heavy atom. The molecule has 3 rings (SSSR count). The summed E-state index contributed by atoms with van der Waals surface area (Å²) < 4.78 is 10.3. The van der Waals surface area contributed by atoms with Crippen LogP contribution < -0.4 is 5.32 Å². The van der Waals surface area contributed by atoms with E-state index in [1.807, 2.05) is 13.8 Å². The molecular formula is C16H19N5O3. The summed E-state index contributed by atoms with van der Waals surface area (Å²) in [6.45, 7) is 4.08. The van der Waals surface area contributed by atoms with Gasteiger partial charge in [-0.1, -0.05) is 19.0 Å². The second kappa shape index (κ2) is 7.12. The van der Waals surface area contributed by atoms with E-state index in [0.29, 0.717) is 29.7 Å². The van der Waals surface area contributed by atoms with Gasteiger partial charge in [0.1, 0.15) is 0 Å². The number of anilines is 1. The van der Waals surface area contributed by atoms with Crippen molar-refractivity contribution in [3.8, 4) is 11.6 Å². The molecule has 3 heterocycles. The normalized spacial score (nSPS) is 10.9. The lowest BCUT2D eigenvalue weighted by atomic mass is 10.1. The zero-order valence-corrected chi connectivity index (χ0v) is 13.6. The summed E-state index contributed by atoms with van der Waals surface area (Å²) in [6, 6.07) is 3.50. The van der Waals surface area contributed by atoms with Crippen molar-refractivity contribution in [1.29, 1.82) is 0 Å². The van der Waals surface area contributed by atoms with Crippen LogP contribution in [0, 0.1) is 0 Å². The predicted molar refractivity (Wildman–Crippen MR) is 86.3 cm³/mol. The van der Waals surface area contributed by atoms with E-state index in [1.165, 1.54) is 0 Å². The number of H-pyrrole nitrogens is 1. The third-order valence-corrected chi connectivity index (χ3v) is 3.69. The first-order valence-corrected chi connectivity index (χ1v) is 7.93. The highest BCUT2D eigenvalue weighted by atomic mass is 16.5. The van der Waals surface area contributed by atoms with E-state index < -0.39 is 0 Å². The molecule has 1 amide bonds. The van der Waals surface area contributed by atoms with Crippen molar-refractivity contribution in [2.24, 2.45) is 0 Å². The Bertz CT molecular complexity index is 804. The fraction of sp³-hybridized carbons (Fsp3) is 0.375. The fourth-order valence-corrected chi connectivity index (χ4v) is 2.46. The van der Waals surface area contributed by atoms with E-state index in [9.17, 15) is 4.79 Å². The molecular weight excluding hydrogens is 310 g/mol. The molecule has 0 aromatic carbocycles. The van der Waals surface area contributed by atoms with Gasteiger partial charge in [-0.2, -0.15) is 10.1 Å². The third kappa shape index (κ3) is 3.37. The second-order valence-electron chi connectivity index (χ2n) is 5.27. The van der Waals surface area contributed by atoms with Crippen molar-refractivity contribution in [2.45, 2.75) is 39.5 Å². The van der Waals surface area contributed by atoms with Crippen molar-refractivity contribution in [1.82, 2.24) is 20.3 Å². The van der Waals surface area contributed by atoms with Crippen LogP contribution in [0.5, 0.6) is 0 Å². The van der Waals surface area contributed by atoms with Crippen LogP contribution in [0.15, 0.2) is 27.3 Å². The zero-order chi connectivity index (χ0) is 16.9. The van der Waals surface area contributed by atoms with E-state index in [4.69, 9.17) is 8.94 Å². The first-order valence-electron chi connectivity index (χ1n) is 7.93. The van der Waals surface area contributed by atoms with E-state index in [2.05, 4.69) is 25.7 Å². The van der Waals surface area contributed by atoms with Gasteiger partial charge in [0.2, 0.25) is 17.6 Å². The van der Waals surface area contributed by atoms with Gasteiger partial charge >= 0.3 is 0 Å². The number of carbonyl (C=O) groups is 1. The lowest BCUT2D eigenvalue weighted by Gasteiger charge is -2.03. The number of carbonyl (C=O) groups excluding carboxylic acids is 1. The van der Waals surface area contributed by atoms with E-state index in [1.54, 1.807) is 18.4 Å². The molecule has 3 aromatic heterocycles. The average molecular weight is 329 g/mol. The highest BCUT2D eigenvalue weighted by Crippen LogP contribution is 2.19. The molecule has 0 aliphatic rings. The maximum absolute atomic E-state index is 12.1. The molecule has 24 heavy (non-hydrogen) atoms. The maximum Gasteiger partial charge on any atom is 0.238 e. The van der Waals surface area contributed by atoms with Crippen LogP contribution in [-0.4, -0.2) is 26.2 Å². The first kappa shape index (κ1) is 16.0. The summed E-state index contributed by atoms with van der Waals surface area (Å²) in [7, 11) is 0. The minimum atomic E-state index is -0.142. The molecule has 0 unspecified atom stereocenters. The van der Waals surface area contributed by atoms with Gasteiger partial charge in [-0.15, -0.1) is 0 Å². The largest absolute Gasteiger partial charge is 0.461 e. The molecule has 2 N–H and O–H groups in total. The van der Waals surface area contributed by atoms with Gasteiger partial charge in [0.05, 0.1) is 6.26 Å². The van der Waals surface area contributed by atoms with Crippen LogP contribution in [0.4, 0.5) is 5.82 Å². The monoisotopic (exact) mass is 329 g/mol. The van der Waals surface area contributed by atoms with Crippen molar-refractivity contribution < 1.29 is 13.7 Å². The summed E-state index contributed by atoms with van der Waals surface area (Å²) in [5.41, 5.74) is 2.09. The molecule has 0 atom stereocenters. The van der Waals surface area contributed by atoms with E-state index in [-0.39, 0.29) is 12.3 Å². The summed E-state index contributed by atoms with van der Waals surface area (Å²) in [6.07, 6.45) is 3.79. The fourth-order valence-electron chi connectivity index (χ4n) is 2.46. The summed E-state index contributed by atoms with van der Waals surface area (Å²) in [5.74, 6) is 1.76. The van der Waals surface area contributed by atoms with Crippen LogP contribution in [0.2, 0.25) is 0 Å². The molecule has 0 aliphatic heterocycles. The van der Waals surface area contributed by atoms with Crippen molar-refractivity contribution in [3.63, 3.8) is 0 Å². The van der Waals surface area contributed by atoms with Gasteiger partial charge < -0.3 is 14.3 Å². The lowest BCUT2D eigenvalue weighted by Crippen LogP contribution is -2.14. The van der Waals surface area contributed by atoms with Gasteiger partial charge in [0.25, 0.3) is 0 Å². The molecule has 0 bridgehead atoms. The van der Waals surface area contributed by atoms with Crippen LogP contribution in [-0.2, 0) is 24.1 Å². The molecule has 8 heteroatoms. The second-order valence-corrected chi connectivity index (χ2v) is 5.27. The van der Waals surface area contributed by atoms with Crippen molar-refractivity contribution in [2.75, 3.05) is 5.32 Å². The molecule has 0 aliphatic carbocycles. The number of furan rings is 1. The quantitative estimate of drug-likeness (QED) is 0.689. The number of nitrogens with zero attached hydrogens (tertiary/aromatic N) is 3. The number of hydrogen-bond donors (Lipinski definition) is 2.